The van der Waals surface area contributed by atoms with Gasteiger partial charge in [-0.05, 0) is 55.8 Å². The van der Waals surface area contributed by atoms with Gasteiger partial charge in [0.2, 0.25) is 5.91 Å². The van der Waals surface area contributed by atoms with E-state index in [1.807, 2.05) is 6.92 Å². The van der Waals surface area contributed by atoms with Crippen molar-refractivity contribution in [1.82, 2.24) is 0 Å². The number of hydrogen-bond donors (Lipinski definition) is 1. The van der Waals surface area contributed by atoms with E-state index in [1.165, 1.54) is 18.2 Å². The highest BCUT2D eigenvalue weighted by atomic mass is 35.5. The zero-order valence-electron chi connectivity index (χ0n) is 16.7. The third-order valence-electron chi connectivity index (χ3n) is 4.54. The number of anilines is 2. The number of halogens is 3. The predicted molar refractivity (Wildman–Crippen MR) is 117 cm³/mol. The molecule has 3 aromatic carbocycles. The number of rotatable bonds is 6. The molecule has 3 aromatic rings. The van der Waals surface area contributed by atoms with Gasteiger partial charge in [-0.3, -0.25) is 9.10 Å². The molecule has 0 aromatic heterocycles. The highest BCUT2D eigenvalue weighted by molar-refractivity contribution is 7.92. The molecule has 0 aliphatic carbocycles. The van der Waals surface area contributed by atoms with Gasteiger partial charge in [-0.1, -0.05) is 35.4 Å². The van der Waals surface area contributed by atoms with Crippen molar-refractivity contribution in [2.75, 3.05) is 16.2 Å². The molecule has 3 rings (SSSR count). The minimum Gasteiger partial charge on any atom is -0.322 e. The van der Waals surface area contributed by atoms with Crippen LogP contribution in [0.15, 0.2) is 65.6 Å². The Balaban J connectivity index is 2.00. The van der Waals surface area contributed by atoms with E-state index in [0.717, 1.165) is 22.0 Å². The van der Waals surface area contributed by atoms with Crippen LogP contribution in [0.1, 0.15) is 11.1 Å². The first kappa shape index (κ1) is 22.7. The Bertz CT molecular complexity index is 1230. The van der Waals surface area contributed by atoms with Gasteiger partial charge in [0.15, 0.2) is 0 Å². The van der Waals surface area contributed by atoms with Crippen LogP contribution in [0.2, 0.25) is 5.02 Å². The monoisotopic (exact) mass is 464 g/mol. The number of benzene rings is 3. The molecule has 0 aliphatic rings. The standard InChI is InChI=1S/C22H19ClF2N2O3S/c1-14-3-8-18(9-4-14)31(29,30)27(21-11-16(23)6-5-15(21)2)13-22(28)26-20-10-7-17(24)12-19(20)25/h3-12H,13H2,1-2H3,(H,26,28). The van der Waals surface area contributed by atoms with E-state index >= 15 is 0 Å². The van der Waals surface area contributed by atoms with Gasteiger partial charge in [-0.25, -0.2) is 17.2 Å². The Kier molecular flexibility index (Phi) is 6.62. The van der Waals surface area contributed by atoms with Crippen LogP contribution >= 0.6 is 11.6 Å². The molecule has 0 heterocycles. The minimum absolute atomic E-state index is 0.0155. The zero-order chi connectivity index (χ0) is 22.8. The molecule has 0 bridgehead atoms. The first-order valence-corrected chi connectivity index (χ1v) is 11.0. The average Bonchev–Trinajstić information content (AvgIpc) is 2.70. The van der Waals surface area contributed by atoms with E-state index < -0.39 is 34.1 Å². The molecule has 1 N–H and O–H groups in total. The van der Waals surface area contributed by atoms with Gasteiger partial charge in [0, 0.05) is 11.1 Å². The molecule has 0 atom stereocenters. The first-order valence-electron chi connectivity index (χ1n) is 9.18. The van der Waals surface area contributed by atoms with E-state index in [9.17, 15) is 22.0 Å². The van der Waals surface area contributed by atoms with Crippen molar-refractivity contribution < 1.29 is 22.0 Å². The fourth-order valence-corrected chi connectivity index (χ4v) is 4.54. The van der Waals surface area contributed by atoms with Crippen LogP contribution in [0.3, 0.4) is 0 Å². The number of carbonyl (C=O) groups excluding carboxylic acids is 1. The van der Waals surface area contributed by atoms with E-state index in [-0.39, 0.29) is 21.3 Å². The minimum atomic E-state index is -4.15. The van der Waals surface area contributed by atoms with Crippen molar-refractivity contribution in [3.63, 3.8) is 0 Å². The summed E-state index contributed by atoms with van der Waals surface area (Å²) in [6, 6.07) is 13.5. The predicted octanol–water partition coefficient (Wildman–Crippen LogP) is 5.07. The lowest BCUT2D eigenvalue weighted by Gasteiger charge is -2.26. The summed E-state index contributed by atoms with van der Waals surface area (Å²) in [5.41, 5.74) is 1.39. The number of aryl methyl sites for hydroxylation is 2. The fraction of sp³-hybridized carbons (Fsp3) is 0.136. The van der Waals surface area contributed by atoms with Gasteiger partial charge < -0.3 is 5.32 Å². The lowest BCUT2D eigenvalue weighted by atomic mass is 10.2. The second kappa shape index (κ2) is 9.03. The highest BCUT2D eigenvalue weighted by Crippen LogP contribution is 2.30. The Morgan fingerprint density at radius 2 is 1.68 bits per heavy atom. The molecule has 1 amide bonds. The summed E-state index contributed by atoms with van der Waals surface area (Å²) < 4.78 is 54.7. The molecular formula is C22H19ClF2N2O3S. The molecule has 0 unspecified atom stereocenters. The van der Waals surface area contributed by atoms with Crippen molar-refractivity contribution >= 4 is 38.9 Å². The average molecular weight is 465 g/mol. The summed E-state index contributed by atoms with van der Waals surface area (Å²) in [6.07, 6.45) is 0. The smallest absolute Gasteiger partial charge is 0.264 e. The van der Waals surface area contributed by atoms with Gasteiger partial charge in [0.05, 0.1) is 16.3 Å². The maximum absolute atomic E-state index is 13.9. The molecule has 0 spiro atoms. The van der Waals surface area contributed by atoms with Crippen LogP contribution in [0.25, 0.3) is 0 Å². The summed E-state index contributed by atoms with van der Waals surface area (Å²) in [7, 11) is -4.15. The molecule has 0 aliphatic heterocycles. The van der Waals surface area contributed by atoms with Gasteiger partial charge in [-0.15, -0.1) is 0 Å². The summed E-state index contributed by atoms with van der Waals surface area (Å²) >= 11 is 6.07. The Hall–Kier alpha value is -2.97. The van der Waals surface area contributed by atoms with Crippen LogP contribution in [0.5, 0.6) is 0 Å². The van der Waals surface area contributed by atoms with E-state index in [1.54, 1.807) is 31.2 Å². The number of nitrogens with one attached hydrogen (secondary N) is 1. The van der Waals surface area contributed by atoms with Gasteiger partial charge >= 0.3 is 0 Å². The molecule has 5 nitrogen and oxygen atoms in total. The summed E-state index contributed by atoms with van der Waals surface area (Å²) in [5, 5.41) is 2.57. The Morgan fingerprint density at radius 3 is 2.32 bits per heavy atom. The van der Waals surface area contributed by atoms with Crippen LogP contribution in [-0.2, 0) is 14.8 Å². The van der Waals surface area contributed by atoms with Crippen LogP contribution in [-0.4, -0.2) is 20.9 Å². The fourth-order valence-electron chi connectivity index (χ4n) is 2.90. The SMILES string of the molecule is Cc1ccc(S(=O)(=O)N(CC(=O)Nc2ccc(F)cc2F)c2cc(Cl)ccc2C)cc1. The maximum atomic E-state index is 13.9. The molecule has 0 radical (unpaired) electrons. The third kappa shape index (κ3) is 5.21. The van der Waals surface area contributed by atoms with E-state index in [4.69, 9.17) is 11.6 Å². The van der Waals surface area contributed by atoms with Crippen LogP contribution < -0.4 is 9.62 Å². The summed E-state index contributed by atoms with van der Waals surface area (Å²) in [4.78, 5) is 12.6. The highest BCUT2D eigenvalue weighted by Gasteiger charge is 2.28. The second-order valence-corrected chi connectivity index (χ2v) is 9.23. The van der Waals surface area contributed by atoms with E-state index in [2.05, 4.69) is 5.32 Å². The molecule has 162 valence electrons. The maximum Gasteiger partial charge on any atom is 0.264 e. The number of carbonyl (C=O) groups is 1. The number of amides is 1. The van der Waals surface area contributed by atoms with Crippen molar-refractivity contribution in [2.24, 2.45) is 0 Å². The van der Waals surface area contributed by atoms with Crippen molar-refractivity contribution in [1.29, 1.82) is 0 Å². The summed E-state index contributed by atoms with van der Waals surface area (Å²) in [6.45, 7) is 2.86. The van der Waals surface area contributed by atoms with E-state index in [0.29, 0.717) is 11.6 Å². The molecular weight excluding hydrogens is 446 g/mol. The van der Waals surface area contributed by atoms with Gasteiger partial charge in [0.25, 0.3) is 10.0 Å². The van der Waals surface area contributed by atoms with Crippen molar-refractivity contribution in [2.45, 2.75) is 18.7 Å². The zero-order valence-corrected chi connectivity index (χ0v) is 18.3. The lowest BCUT2D eigenvalue weighted by molar-refractivity contribution is -0.114. The first-order chi connectivity index (χ1) is 14.6. The summed E-state index contributed by atoms with van der Waals surface area (Å²) in [5.74, 6) is -2.57. The van der Waals surface area contributed by atoms with Gasteiger partial charge in [0.1, 0.15) is 18.2 Å². The van der Waals surface area contributed by atoms with Gasteiger partial charge in [-0.2, -0.15) is 0 Å². The third-order valence-corrected chi connectivity index (χ3v) is 6.55. The van der Waals surface area contributed by atoms with Crippen LogP contribution in [0.4, 0.5) is 20.2 Å². The molecule has 0 fully saturated rings. The second-order valence-electron chi connectivity index (χ2n) is 6.93. The normalized spacial score (nSPS) is 11.3. The topological polar surface area (TPSA) is 66.5 Å². The molecule has 0 saturated heterocycles. The quantitative estimate of drug-likeness (QED) is 0.554. The molecule has 0 saturated carbocycles. The molecule has 9 heteroatoms. The molecule has 31 heavy (non-hydrogen) atoms. The van der Waals surface area contributed by atoms with Crippen LogP contribution in [0, 0.1) is 25.5 Å². The van der Waals surface area contributed by atoms with Crippen molar-refractivity contribution in [3.8, 4) is 0 Å². The number of hydrogen-bond acceptors (Lipinski definition) is 3. The number of nitrogens with zero attached hydrogens (tertiary/aromatic N) is 1. The number of sulfonamides is 1. The Morgan fingerprint density at radius 1 is 1.00 bits per heavy atom. The van der Waals surface area contributed by atoms with Crippen molar-refractivity contribution in [3.05, 3.63) is 88.4 Å². The Labute approximate surface area is 184 Å². The largest absolute Gasteiger partial charge is 0.322 e. The lowest BCUT2D eigenvalue weighted by Crippen LogP contribution is -2.38.